The van der Waals surface area contributed by atoms with Crippen molar-refractivity contribution in [2.24, 2.45) is 25.8 Å². The van der Waals surface area contributed by atoms with E-state index < -0.39 is 24.5 Å². The molecule has 0 radical (unpaired) electrons. The number of nitrogens with two attached hydrogens (primary N) is 1. The molecule has 3 rings (SSSR count). The van der Waals surface area contributed by atoms with Crippen LogP contribution in [0.2, 0.25) is 0 Å². The van der Waals surface area contributed by atoms with Gasteiger partial charge in [-0.3, -0.25) is 4.99 Å². The highest BCUT2D eigenvalue weighted by molar-refractivity contribution is 5.96. The maximum absolute atomic E-state index is 10.2. The van der Waals surface area contributed by atoms with Crippen LogP contribution in [-0.4, -0.2) is 76.9 Å². The molecule has 5 atom stereocenters. The van der Waals surface area contributed by atoms with Gasteiger partial charge in [0.2, 0.25) is 0 Å². The summed E-state index contributed by atoms with van der Waals surface area (Å²) >= 11 is 0. The zero-order valence-electron chi connectivity index (χ0n) is 11.6. The van der Waals surface area contributed by atoms with Crippen LogP contribution in [-0.2, 0) is 4.74 Å². The summed E-state index contributed by atoms with van der Waals surface area (Å²) in [4.78, 5) is 16.8. The van der Waals surface area contributed by atoms with Gasteiger partial charge in [0.1, 0.15) is 30.0 Å². The number of aliphatic imine (C=N–C) groups is 3. The van der Waals surface area contributed by atoms with Crippen molar-refractivity contribution in [1.82, 2.24) is 4.90 Å². The number of hydrogen-bond acceptors (Lipinski definition) is 9. The topological polar surface area (TPSA) is 165 Å². The van der Waals surface area contributed by atoms with Gasteiger partial charge in [-0.15, -0.1) is 0 Å². The summed E-state index contributed by atoms with van der Waals surface area (Å²) in [5.74, 6) is 0.361. The van der Waals surface area contributed by atoms with E-state index in [-0.39, 0.29) is 25.2 Å². The molecular formula is C11H16N8O3. The lowest BCUT2D eigenvalue weighted by Gasteiger charge is -2.32. The van der Waals surface area contributed by atoms with Crippen molar-refractivity contribution in [3.63, 3.8) is 0 Å². The first kappa shape index (κ1) is 14.7. The molecule has 0 amide bonds. The van der Waals surface area contributed by atoms with Gasteiger partial charge < -0.3 is 25.6 Å². The summed E-state index contributed by atoms with van der Waals surface area (Å²) in [6.07, 6.45) is 1.23. The molecule has 11 heteroatoms. The van der Waals surface area contributed by atoms with E-state index in [2.05, 4.69) is 25.0 Å². The second-order valence-corrected chi connectivity index (χ2v) is 5.32. The van der Waals surface area contributed by atoms with Gasteiger partial charge in [-0.1, -0.05) is 5.11 Å². The molecule has 4 N–H and O–H groups in total. The van der Waals surface area contributed by atoms with E-state index in [1.54, 1.807) is 11.2 Å². The minimum Gasteiger partial charge on any atom is -0.393 e. The van der Waals surface area contributed by atoms with Gasteiger partial charge in [-0.2, -0.15) is 0 Å². The smallest absolute Gasteiger partial charge is 0.155 e. The van der Waals surface area contributed by atoms with Crippen molar-refractivity contribution < 1.29 is 14.9 Å². The number of aliphatic hydroxyl groups is 2. The van der Waals surface area contributed by atoms with Crippen LogP contribution in [0.5, 0.6) is 0 Å². The first-order valence-corrected chi connectivity index (χ1v) is 6.74. The quantitative estimate of drug-likeness (QED) is 0.328. The van der Waals surface area contributed by atoms with E-state index in [1.807, 2.05) is 0 Å². The van der Waals surface area contributed by atoms with E-state index in [1.165, 1.54) is 6.34 Å². The Morgan fingerprint density at radius 1 is 1.59 bits per heavy atom. The lowest BCUT2D eigenvalue weighted by atomic mass is 9.98. The van der Waals surface area contributed by atoms with Crippen molar-refractivity contribution >= 4 is 18.5 Å². The normalized spacial score (nSPS) is 39.5. The standard InChI is InChI=1S/C11H16N8O3/c12-9-8-10(15-4-14-9)19(5-16-8)7-1-6(21)11(3-20,22-7)2-17-18-13/h4-8,10,20-21H,1-3H2,(H2,12,14,15)/t6-,7+,8?,10?,11+/m0/s1. The van der Waals surface area contributed by atoms with Crippen LogP contribution in [0.3, 0.4) is 0 Å². The first-order valence-electron chi connectivity index (χ1n) is 6.74. The predicted octanol–water partition coefficient (Wildman–Crippen LogP) is -1.43. The average Bonchev–Trinajstić information content (AvgIpc) is 3.08. The Balaban J connectivity index is 1.78. The molecule has 0 aromatic rings. The van der Waals surface area contributed by atoms with Crippen molar-refractivity contribution in [2.75, 3.05) is 13.2 Å². The molecule has 118 valence electrons. The maximum Gasteiger partial charge on any atom is 0.155 e. The highest BCUT2D eigenvalue weighted by Gasteiger charge is 2.51. The number of aliphatic hydroxyl groups excluding tert-OH is 2. The van der Waals surface area contributed by atoms with E-state index in [9.17, 15) is 10.2 Å². The Morgan fingerprint density at radius 3 is 3.14 bits per heavy atom. The largest absolute Gasteiger partial charge is 0.393 e. The molecule has 1 saturated heterocycles. The summed E-state index contributed by atoms with van der Waals surface area (Å²) < 4.78 is 5.80. The van der Waals surface area contributed by atoms with E-state index in [0.29, 0.717) is 5.84 Å². The molecule has 1 fully saturated rings. The number of ether oxygens (including phenoxy) is 1. The molecule has 3 aliphatic heterocycles. The van der Waals surface area contributed by atoms with Gasteiger partial charge in [0.15, 0.2) is 6.17 Å². The maximum atomic E-state index is 10.2. The third kappa shape index (κ3) is 2.20. The highest BCUT2D eigenvalue weighted by atomic mass is 16.6. The van der Waals surface area contributed by atoms with Gasteiger partial charge in [-0.25, -0.2) is 9.98 Å². The zero-order valence-corrected chi connectivity index (χ0v) is 11.6. The molecule has 0 aromatic carbocycles. The van der Waals surface area contributed by atoms with Gasteiger partial charge in [0.05, 0.1) is 25.6 Å². The van der Waals surface area contributed by atoms with Crippen LogP contribution in [0.15, 0.2) is 20.1 Å². The third-order valence-corrected chi connectivity index (χ3v) is 4.08. The Morgan fingerprint density at radius 2 is 2.41 bits per heavy atom. The average molecular weight is 308 g/mol. The molecule has 0 spiro atoms. The number of azide groups is 1. The monoisotopic (exact) mass is 308 g/mol. The number of nitrogens with zero attached hydrogens (tertiary/aromatic N) is 7. The van der Waals surface area contributed by atoms with Crippen molar-refractivity contribution in [3.8, 4) is 0 Å². The molecule has 3 heterocycles. The Labute approximate surface area is 125 Å². The summed E-state index contributed by atoms with van der Waals surface area (Å²) in [5, 5.41) is 23.2. The van der Waals surface area contributed by atoms with Gasteiger partial charge in [0.25, 0.3) is 0 Å². The van der Waals surface area contributed by atoms with Crippen molar-refractivity contribution in [3.05, 3.63) is 10.4 Å². The van der Waals surface area contributed by atoms with Gasteiger partial charge in [-0.05, 0) is 5.53 Å². The van der Waals surface area contributed by atoms with E-state index in [0.717, 1.165) is 0 Å². The number of hydrogen-bond donors (Lipinski definition) is 3. The van der Waals surface area contributed by atoms with Crippen LogP contribution in [0.1, 0.15) is 6.42 Å². The molecule has 0 aromatic heterocycles. The second kappa shape index (κ2) is 5.54. The fourth-order valence-corrected chi connectivity index (χ4v) is 2.81. The van der Waals surface area contributed by atoms with Crippen LogP contribution in [0, 0.1) is 0 Å². The van der Waals surface area contributed by atoms with Gasteiger partial charge >= 0.3 is 0 Å². The molecule has 3 aliphatic rings. The summed E-state index contributed by atoms with van der Waals surface area (Å²) in [6.45, 7) is -0.626. The van der Waals surface area contributed by atoms with Gasteiger partial charge in [0, 0.05) is 11.3 Å². The fourth-order valence-electron chi connectivity index (χ4n) is 2.81. The second-order valence-electron chi connectivity index (χ2n) is 5.32. The predicted molar refractivity (Wildman–Crippen MR) is 77.3 cm³/mol. The lowest BCUT2D eigenvalue weighted by molar-refractivity contribution is -0.131. The lowest BCUT2D eigenvalue weighted by Crippen LogP contribution is -2.49. The zero-order chi connectivity index (χ0) is 15.7. The third-order valence-electron chi connectivity index (χ3n) is 4.08. The van der Waals surface area contributed by atoms with E-state index in [4.69, 9.17) is 16.0 Å². The molecule has 0 bridgehead atoms. The molecular weight excluding hydrogens is 292 g/mol. The van der Waals surface area contributed by atoms with Crippen LogP contribution in [0.4, 0.5) is 0 Å². The summed E-state index contributed by atoms with van der Waals surface area (Å²) in [7, 11) is 0. The minimum absolute atomic E-state index is 0.163. The first-order chi connectivity index (χ1) is 10.6. The number of rotatable bonds is 4. The Bertz CT molecular complexity index is 586. The Kier molecular flexibility index (Phi) is 3.71. The van der Waals surface area contributed by atoms with Crippen LogP contribution < -0.4 is 5.73 Å². The fraction of sp³-hybridized carbons (Fsp3) is 0.727. The summed E-state index contributed by atoms with van der Waals surface area (Å²) in [5.41, 5.74) is 12.9. The van der Waals surface area contributed by atoms with Crippen molar-refractivity contribution in [2.45, 2.75) is 36.6 Å². The Hall–Kier alpha value is -2.20. The SMILES string of the molecule is [N-]=[N+]=NC[C@]1(CO)O[C@@H](N2C=NC3C(N)=NC=NC32)C[C@@H]1O. The number of fused-ring (bicyclic) bond motifs is 1. The highest BCUT2D eigenvalue weighted by Crippen LogP contribution is 2.35. The number of amidine groups is 1. The molecule has 2 unspecified atom stereocenters. The molecule has 11 nitrogen and oxygen atoms in total. The molecule has 0 aliphatic carbocycles. The summed E-state index contributed by atoms with van der Waals surface area (Å²) in [6, 6.07) is -0.382. The van der Waals surface area contributed by atoms with E-state index >= 15 is 0 Å². The van der Waals surface area contributed by atoms with Crippen LogP contribution >= 0.6 is 0 Å². The molecule has 0 saturated carbocycles. The molecule has 22 heavy (non-hydrogen) atoms. The van der Waals surface area contributed by atoms with Crippen LogP contribution in [0.25, 0.3) is 10.4 Å². The van der Waals surface area contributed by atoms with Crippen molar-refractivity contribution in [1.29, 1.82) is 0 Å². The minimum atomic E-state index is -1.32.